The molecule has 0 atom stereocenters. The molecule has 0 radical (unpaired) electrons. The molecule has 2 amide bonds. The first kappa shape index (κ1) is 27.5. The average molecular weight is 563 g/mol. The van der Waals surface area contributed by atoms with Gasteiger partial charge in [0.05, 0.1) is 35.1 Å². The standard InChI is InChI=1S/C24H18Cl3N5O5/c1-2-36-24(35)29-22(33)20(11-28)31-30-15-8-17(25)21(18(26)9-15)37-16-10-19(27)23(34)32(13-16)12-14-6-4-3-5-7-14/h3-10,13,30H,2,12H2,1H3,(H,29,33,35). The zero-order chi connectivity index (χ0) is 26.9. The summed E-state index contributed by atoms with van der Waals surface area (Å²) in [4.78, 5) is 35.8. The molecule has 3 aromatic rings. The van der Waals surface area contributed by atoms with Crippen molar-refractivity contribution in [1.29, 1.82) is 5.26 Å². The Kier molecular flexibility index (Phi) is 9.51. The second-order valence-corrected chi connectivity index (χ2v) is 8.39. The van der Waals surface area contributed by atoms with Gasteiger partial charge in [-0.15, -0.1) is 0 Å². The van der Waals surface area contributed by atoms with Crippen LogP contribution in [0.5, 0.6) is 11.5 Å². The second kappa shape index (κ2) is 12.8. The minimum atomic E-state index is -1.06. The predicted molar refractivity (Wildman–Crippen MR) is 140 cm³/mol. The molecular formula is C24H18Cl3N5O5. The summed E-state index contributed by atoms with van der Waals surface area (Å²) < 4.78 is 11.8. The highest BCUT2D eigenvalue weighted by molar-refractivity contribution is 6.47. The Morgan fingerprint density at radius 2 is 1.76 bits per heavy atom. The zero-order valence-corrected chi connectivity index (χ0v) is 21.4. The Hall–Kier alpha value is -4.04. The number of carbonyl (C=O) groups is 2. The van der Waals surface area contributed by atoms with Gasteiger partial charge >= 0.3 is 6.09 Å². The molecule has 0 unspecified atom stereocenters. The monoisotopic (exact) mass is 561 g/mol. The van der Waals surface area contributed by atoms with Gasteiger partial charge in [0.15, 0.2) is 5.75 Å². The molecule has 1 aromatic heterocycles. The van der Waals surface area contributed by atoms with Crippen LogP contribution in [-0.4, -0.2) is 28.9 Å². The maximum absolute atomic E-state index is 12.5. The average Bonchev–Trinajstić information content (AvgIpc) is 2.85. The highest BCUT2D eigenvalue weighted by Crippen LogP contribution is 2.39. The molecule has 0 saturated heterocycles. The minimum absolute atomic E-state index is 0.0437. The number of hydrazone groups is 1. The third-order valence-electron chi connectivity index (χ3n) is 4.54. The van der Waals surface area contributed by atoms with Crippen LogP contribution in [0.2, 0.25) is 15.1 Å². The number of rotatable bonds is 8. The van der Waals surface area contributed by atoms with E-state index in [9.17, 15) is 14.4 Å². The van der Waals surface area contributed by atoms with Gasteiger partial charge in [-0.25, -0.2) is 4.79 Å². The van der Waals surface area contributed by atoms with E-state index in [1.807, 2.05) is 35.6 Å². The van der Waals surface area contributed by atoms with Crippen molar-refractivity contribution in [2.45, 2.75) is 13.5 Å². The molecule has 2 N–H and O–H groups in total. The van der Waals surface area contributed by atoms with Crippen LogP contribution in [0.3, 0.4) is 0 Å². The molecule has 0 aliphatic carbocycles. The molecule has 1 heterocycles. The molecule has 0 aliphatic heterocycles. The summed E-state index contributed by atoms with van der Waals surface area (Å²) in [6.07, 6.45) is 0.462. The van der Waals surface area contributed by atoms with E-state index in [4.69, 9.17) is 44.8 Å². The summed E-state index contributed by atoms with van der Waals surface area (Å²) in [6, 6.07) is 15.0. The number of nitrogens with one attached hydrogen (secondary N) is 2. The molecule has 0 fully saturated rings. The van der Waals surface area contributed by atoms with E-state index in [1.54, 1.807) is 13.0 Å². The van der Waals surface area contributed by atoms with Gasteiger partial charge in [-0.3, -0.25) is 20.3 Å². The van der Waals surface area contributed by atoms with Crippen molar-refractivity contribution < 1.29 is 19.1 Å². The fraction of sp³-hybridized carbons (Fsp3) is 0.125. The lowest BCUT2D eigenvalue weighted by molar-refractivity contribution is -0.114. The maximum Gasteiger partial charge on any atom is 0.414 e. The molecule has 3 rings (SSSR count). The van der Waals surface area contributed by atoms with Crippen LogP contribution in [0, 0.1) is 11.3 Å². The number of aromatic nitrogens is 1. The molecule has 13 heteroatoms. The van der Waals surface area contributed by atoms with E-state index >= 15 is 0 Å². The van der Waals surface area contributed by atoms with E-state index in [0.717, 1.165) is 5.56 Å². The number of halogens is 3. The second-order valence-electron chi connectivity index (χ2n) is 7.17. The highest BCUT2D eigenvalue weighted by atomic mass is 35.5. The summed E-state index contributed by atoms with van der Waals surface area (Å²) in [5.41, 5.74) is 2.53. The number of amides is 2. The molecule has 0 saturated carbocycles. The van der Waals surface area contributed by atoms with E-state index in [1.165, 1.54) is 29.0 Å². The van der Waals surface area contributed by atoms with Gasteiger partial charge in [0, 0.05) is 6.07 Å². The van der Waals surface area contributed by atoms with Crippen LogP contribution in [-0.2, 0) is 16.1 Å². The van der Waals surface area contributed by atoms with Gasteiger partial charge in [-0.1, -0.05) is 65.1 Å². The Bertz CT molecular complexity index is 1430. The highest BCUT2D eigenvalue weighted by Gasteiger charge is 2.17. The number of hydrogen-bond donors (Lipinski definition) is 2. The van der Waals surface area contributed by atoms with Crippen LogP contribution >= 0.6 is 34.8 Å². The number of ether oxygens (including phenoxy) is 2. The number of benzene rings is 2. The van der Waals surface area contributed by atoms with Crippen molar-refractivity contribution >= 4 is 58.2 Å². The first-order valence-corrected chi connectivity index (χ1v) is 11.7. The van der Waals surface area contributed by atoms with E-state index in [0.29, 0.717) is 0 Å². The molecule has 37 heavy (non-hydrogen) atoms. The van der Waals surface area contributed by atoms with Crippen LogP contribution in [0.25, 0.3) is 0 Å². The quantitative estimate of drug-likeness (QED) is 0.284. The summed E-state index contributed by atoms with van der Waals surface area (Å²) in [7, 11) is 0. The number of carbonyl (C=O) groups excluding carboxylic acids is 2. The SMILES string of the molecule is CCOC(=O)NC(=O)C(C#N)=NNc1cc(Cl)c(Oc2cc(Cl)c(=O)n(Cc3ccccc3)c2)c(Cl)c1. The largest absolute Gasteiger partial charge is 0.453 e. The fourth-order valence-electron chi connectivity index (χ4n) is 2.93. The number of anilines is 1. The van der Waals surface area contributed by atoms with Crippen LogP contribution in [0.4, 0.5) is 10.5 Å². The molecule has 10 nitrogen and oxygen atoms in total. The summed E-state index contributed by atoms with van der Waals surface area (Å²) >= 11 is 18.8. The Labute approximate surface area is 226 Å². The normalized spacial score (nSPS) is 10.8. The molecule has 0 aliphatic rings. The van der Waals surface area contributed by atoms with Crippen LogP contribution < -0.4 is 21.0 Å². The van der Waals surface area contributed by atoms with E-state index in [-0.39, 0.29) is 45.4 Å². The zero-order valence-electron chi connectivity index (χ0n) is 19.1. The number of nitriles is 1. The van der Waals surface area contributed by atoms with Crippen molar-refractivity contribution in [1.82, 2.24) is 9.88 Å². The predicted octanol–water partition coefficient (Wildman–Crippen LogP) is 5.21. The lowest BCUT2D eigenvalue weighted by atomic mass is 10.2. The first-order valence-electron chi connectivity index (χ1n) is 10.5. The smallest absolute Gasteiger partial charge is 0.414 e. The van der Waals surface area contributed by atoms with Gasteiger partial charge in [0.2, 0.25) is 5.71 Å². The number of pyridine rings is 1. The maximum atomic E-state index is 12.5. The summed E-state index contributed by atoms with van der Waals surface area (Å²) in [5, 5.41) is 14.7. The molecule has 190 valence electrons. The van der Waals surface area contributed by atoms with Crippen LogP contribution in [0.15, 0.2) is 64.6 Å². The molecular weight excluding hydrogens is 545 g/mol. The van der Waals surface area contributed by atoms with E-state index in [2.05, 4.69) is 15.3 Å². The number of alkyl carbamates (subject to hydrolysis) is 1. The van der Waals surface area contributed by atoms with Crippen molar-refractivity contribution in [3.8, 4) is 17.6 Å². The Morgan fingerprint density at radius 3 is 2.38 bits per heavy atom. The summed E-state index contributed by atoms with van der Waals surface area (Å²) in [5.74, 6) is -0.780. The van der Waals surface area contributed by atoms with E-state index < -0.39 is 23.3 Å². The summed E-state index contributed by atoms with van der Waals surface area (Å²) in [6.45, 7) is 1.87. The van der Waals surface area contributed by atoms with Gasteiger partial charge in [0.1, 0.15) is 16.8 Å². The Morgan fingerprint density at radius 1 is 1.08 bits per heavy atom. The van der Waals surface area contributed by atoms with Crippen molar-refractivity contribution in [3.05, 3.63) is 85.7 Å². The first-order chi connectivity index (χ1) is 17.7. The Balaban J connectivity index is 1.80. The topological polar surface area (TPSA) is 135 Å². The lowest BCUT2D eigenvalue weighted by Crippen LogP contribution is -2.36. The van der Waals surface area contributed by atoms with Crippen molar-refractivity contribution in [3.63, 3.8) is 0 Å². The minimum Gasteiger partial charge on any atom is -0.453 e. The number of nitrogens with zero attached hydrogens (tertiary/aromatic N) is 3. The number of hydrogen-bond acceptors (Lipinski definition) is 8. The van der Waals surface area contributed by atoms with Gasteiger partial charge in [-0.2, -0.15) is 10.4 Å². The number of imide groups is 1. The van der Waals surface area contributed by atoms with Crippen LogP contribution in [0.1, 0.15) is 12.5 Å². The molecule has 0 spiro atoms. The van der Waals surface area contributed by atoms with Crippen molar-refractivity contribution in [2.75, 3.05) is 12.0 Å². The molecule has 2 aromatic carbocycles. The van der Waals surface area contributed by atoms with Gasteiger partial charge < -0.3 is 14.0 Å². The third-order valence-corrected chi connectivity index (χ3v) is 5.37. The molecule has 0 bridgehead atoms. The van der Waals surface area contributed by atoms with Gasteiger partial charge in [0.25, 0.3) is 11.5 Å². The van der Waals surface area contributed by atoms with Crippen molar-refractivity contribution in [2.24, 2.45) is 5.10 Å². The lowest BCUT2D eigenvalue weighted by Gasteiger charge is -2.14. The van der Waals surface area contributed by atoms with Gasteiger partial charge in [-0.05, 0) is 24.6 Å². The third kappa shape index (κ3) is 7.47. The fourth-order valence-corrected chi connectivity index (χ4v) is 3.71.